The Morgan fingerprint density at radius 1 is 1.20 bits per heavy atom. The minimum Gasteiger partial charge on any atom is -0.479 e. The van der Waals surface area contributed by atoms with Gasteiger partial charge in [-0.2, -0.15) is 0 Å². The second kappa shape index (κ2) is 8.70. The number of hydrogen-bond donors (Lipinski definition) is 1. The second-order valence-corrected chi connectivity index (χ2v) is 8.67. The number of aryl methyl sites for hydroxylation is 2. The average Bonchev–Trinajstić information content (AvgIpc) is 2.66. The zero-order valence-electron chi connectivity index (χ0n) is 17.5. The monoisotopic (exact) mass is 429 g/mol. The van der Waals surface area contributed by atoms with E-state index in [4.69, 9.17) is 16.3 Å². The first kappa shape index (κ1) is 22.2. The molecule has 0 amide bonds. The Balaban J connectivity index is 2.34. The maximum Gasteiger partial charge on any atom is 0.337 e. The largest absolute Gasteiger partial charge is 0.479 e. The van der Waals surface area contributed by atoms with Crippen LogP contribution < -0.4 is 0 Å². The fourth-order valence-corrected chi connectivity index (χ4v) is 3.71. The van der Waals surface area contributed by atoms with E-state index >= 15 is 0 Å². The summed E-state index contributed by atoms with van der Waals surface area (Å²) in [5.74, 6) is -1.09. The number of pyridine rings is 1. The normalized spacial score (nSPS) is 12.9. The lowest BCUT2D eigenvalue weighted by Gasteiger charge is -2.28. The zero-order valence-corrected chi connectivity index (χ0v) is 18.3. The van der Waals surface area contributed by atoms with Crippen molar-refractivity contribution >= 4 is 28.5 Å². The highest BCUT2D eigenvalue weighted by Gasteiger charge is 2.32. The van der Waals surface area contributed by atoms with Crippen molar-refractivity contribution in [2.24, 2.45) is 0 Å². The molecule has 158 valence electrons. The highest BCUT2D eigenvalue weighted by atomic mass is 35.5. The molecule has 1 N–H and O–H groups in total. The molecule has 1 aromatic heterocycles. The SMILES string of the molecule is Cc1nc2ccc(Cl)cc2c(-c2ccc(CCF)cc2)c1[C@H](OC(C)(C)C)C(=O)O. The summed E-state index contributed by atoms with van der Waals surface area (Å²) in [7, 11) is 0. The summed E-state index contributed by atoms with van der Waals surface area (Å²) in [5, 5.41) is 11.3. The van der Waals surface area contributed by atoms with Gasteiger partial charge in [-0.05, 0) is 62.6 Å². The molecule has 0 radical (unpaired) electrons. The Labute approximate surface area is 180 Å². The van der Waals surface area contributed by atoms with E-state index in [9.17, 15) is 14.3 Å². The molecule has 30 heavy (non-hydrogen) atoms. The van der Waals surface area contributed by atoms with Crippen LogP contribution in [0.2, 0.25) is 5.02 Å². The van der Waals surface area contributed by atoms with Crippen molar-refractivity contribution in [1.82, 2.24) is 4.98 Å². The molecule has 1 atom stereocenters. The van der Waals surface area contributed by atoms with Crippen LogP contribution in [0, 0.1) is 6.92 Å². The van der Waals surface area contributed by atoms with Crippen molar-refractivity contribution < 1.29 is 19.0 Å². The van der Waals surface area contributed by atoms with E-state index in [-0.39, 0.29) is 0 Å². The lowest BCUT2D eigenvalue weighted by atomic mass is 9.90. The molecule has 0 bridgehead atoms. The fourth-order valence-electron chi connectivity index (χ4n) is 3.54. The number of ether oxygens (including phenoxy) is 1. The first-order valence-corrected chi connectivity index (χ1v) is 10.1. The highest BCUT2D eigenvalue weighted by molar-refractivity contribution is 6.31. The molecule has 1 heterocycles. The van der Waals surface area contributed by atoms with Gasteiger partial charge in [0.1, 0.15) is 0 Å². The second-order valence-electron chi connectivity index (χ2n) is 8.23. The van der Waals surface area contributed by atoms with Crippen LogP contribution in [0.25, 0.3) is 22.0 Å². The summed E-state index contributed by atoms with van der Waals surface area (Å²) >= 11 is 6.27. The van der Waals surface area contributed by atoms with Crippen molar-refractivity contribution in [2.75, 3.05) is 6.67 Å². The van der Waals surface area contributed by atoms with Crippen LogP contribution in [0.1, 0.15) is 43.7 Å². The predicted molar refractivity (Wildman–Crippen MR) is 118 cm³/mol. The number of benzene rings is 2. The predicted octanol–water partition coefficient (Wildman–Crippen LogP) is 6.32. The number of rotatable bonds is 6. The average molecular weight is 430 g/mol. The van der Waals surface area contributed by atoms with Gasteiger partial charge < -0.3 is 9.84 Å². The maximum absolute atomic E-state index is 12.7. The fraction of sp³-hybridized carbons (Fsp3) is 0.333. The van der Waals surface area contributed by atoms with Crippen molar-refractivity contribution in [2.45, 2.75) is 45.8 Å². The molecule has 3 rings (SSSR count). The standard InChI is InChI=1S/C24H25ClFNO3/c1-14-20(22(23(28)29)30-24(2,3)4)21(16-7-5-15(6-8-16)11-12-26)18-13-17(25)9-10-19(18)27-14/h5-10,13,22H,11-12H2,1-4H3,(H,28,29)/t22-/m0/s1. The number of nitrogens with zero attached hydrogens (tertiary/aromatic N) is 1. The van der Waals surface area contributed by atoms with Gasteiger partial charge in [0.2, 0.25) is 0 Å². The summed E-state index contributed by atoms with van der Waals surface area (Å²) in [5.41, 5.74) is 3.48. The van der Waals surface area contributed by atoms with Crippen molar-refractivity contribution in [1.29, 1.82) is 0 Å². The lowest BCUT2D eigenvalue weighted by molar-refractivity contribution is -0.160. The first-order chi connectivity index (χ1) is 14.1. The van der Waals surface area contributed by atoms with Crippen LogP contribution in [-0.4, -0.2) is 28.3 Å². The third-order valence-corrected chi connectivity index (χ3v) is 4.99. The molecule has 0 fully saturated rings. The third-order valence-electron chi connectivity index (χ3n) is 4.76. The van der Waals surface area contributed by atoms with Gasteiger partial charge in [0, 0.05) is 28.1 Å². The Bertz CT molecular complexity index is 1070. The smallest absolute Gasteiger partial charge is 0.337 e. The number of halogens is 2. The van der Waals surface area contributed by atoms with Crippen LogP contribution in [0.15, 0.2) is 42.5 Å². The molecular formula is C24H25ClFNO3. The van der Waals surface area contributed by atoms with Gasteiger partial charge in [-0.25, -0.2) is 4.79 Å². The molecule has 0 saturated heterocycles. The van der Waals surface area contributed by atoms with Gasteiger partial charge in [0.25, 0.3) is 0 Å². The van der Waals surface area contributed by atoms with Crippen LogP contribution in [-0.2, 0) is 16.0 Å². The van der Waals surface area contributed by atoms with Crippen molar-refractivity contribution in [3.05, 3.63) is 64.3 Å². The maximum atomic E-state index is 12.7. The van der Waals surface area contributed by atoms with E-state index < -0.39 is 24.3 Å². The number of aromatic nitrogens is 1. The number of alkyl halides is 1. The van der Waals surface area contributed by atoms with Gasteiger partial charge in [-0.15, -0.1) is 0 Å². The zero-order chi connectivity index (χ0) is 22.1. The summed E-state index contributed by atoms with van der Waals surface area (Å²) in [6, 6.07) is 12.8. The summed E-state index contributed by atoms with van der Waals surface area (Å²) in [6.07, 6.45) is -0.874. The third kappa shape index (κ3) is 4.79. The quantitative estimate of drug-likeness (QED) is 0.498. The molecule has 0 spiro atoms. The number of hydrogen-bond acceptors (Lipinski definition) is 3. The summed E-state index contributed by atoms with van der Waals surface area (Å²) in [4.78, 5) is 16.9. The van der Waals surface area contributed by atoms with E-state index in [0.717, 1.165) is 16.5 Å². The van der Waals surface area contributed by atoms with Crippen LogP contribution in [0.3, 0.4) is 0 Å². The number of carboxylic acid groups (broad SMARTS) is 1. The van der Waals surface area contributed by atoms with E-state index in [1.807, 2.05) is 51.1 Å². The Morgan fingerprint density at radius 3 is 2.43 bits per heavy atom. The van der Waals surface area contributed by atoms with Crippen LogP contribution in [0.5, 0.6) is 0 Å². The van der Waals surface area contributed by atoms with Gasteiger partial charge in [0.15, 0.2) is 6.10 Å². The van der Waals surface area contributed by atoms with E-state index in [2.05, 4.69) is 4.98 Å². The lowest BCUT2D eigenvalue weighted by Crippen LogP contribution is -2.28. The molecule has 2 aromatic carbocycles. The number of aliphatic carboxylic acids is 1. The van der Waals surface area contributed by atoms with E-state index in [1.165, 1.54) is 0 Å². The van der Waals surface area contributed by atoms with E-state index in [0.29, 0.717) is 33.8 Å². The molecular weight excluding hydrogens is 405 g/mol. The van der Waals surface area contributed by atoms with Gasteiger partial charge in [0.05, 0.1) is 17.8 Å². The minimum absolute atomic E-state index is 0.333. The Hall–Kier alpha value is -2.50. The molecule has 0 aliphatic rings. The molecule has 3 aromatic rings. The number of fused-ring (bicyclic) bond motifs is 1. The molecule has 4 nitrogen and oxygen atoms in total. The van der Waals surface area contributed by atoms with Gasteiger partial charge in [-0.3, -0.25) is 9.37 Å². The molecule has 0 aliphatic carbocycles. The van der Waals surface area contributed by atoms with Crippen LogP contribution in [0.4, 0.5) is 4.39 Å². The minimum atomic E-state index is -1.21. The Kier molecular flexibility index (Phi) is 6.44. The topological polar surface area (TPSA) is 59.4 Å². The van der Waals surface area contributed by atoms with Gasteiger partial charge >= 0.3 is 5.97 Å². The molecule has 0 unspecified atom stereocenters. The first-order valence-electron chi connectivity index (χ1n) is 9.76. The summed E-state index contributed by atoms with van der Waals surface area (Å²) < 4.78 is 18.7. The van der Waals surface area contributed by atoms with Crippen molar-refractivity contribution in [3.63, 3.8) is 0 Å². The molecule has 0 aliphatic heterocycles. The number of carbonyl (C=O) groups is 1. The molecule has 6 heteroatoms. The van der Waals surface area contributed by atoms with Crippen LogP contribution >= 0.6 is 11.6 Å². The highest BCUT2D eigenvalue weighted by Crippen LogP contribution is 2.40. The van der Waals surface area contributed by atoms with Gasteiger partial charge in [-0.1, -0.05) is 35.9 Å². The molecule has 0 saturated carbocycles. The Morgan fingerprint density at radius 2 is 1.87 bits per heavy atom. The number of carboxylic acids is 1. The van der Waals surface area contributed by atoms with Crippen molar-refractivity contribution in [3.8, 4) is 11.1 Å². The van der Waals surface area contributed by atoms with E-state index in [1.54, 1.807) is 19.1 Å². The summed E-state index contributed by atoms with van der Waals surface area (Å²) in [6.45, 7) is 6.80.